The number of rotatable bonds is 4. The van der Waals surface area contributed by atoms with Gasteiger partial charge in [-0.3, -0.25) is 0 Å². The van der Waals surface area contributed by atoms with E-state index >= 15 is 0 Å². The molecular formula is C13H14ClFN2S. The zero-order chi connectivity index (χ0) is 13.1. The van der Waals surface area contributed by atoms with E-state index in [4.69, 9.17) is 17.3 Å². The van der Waals surface area contributed by atoms with Crippen LogP contribution in [0.25, 0.3) is 0 Å². The van der Waals surface area contributed by atoms with Gasteiger partial charge in [0.2, 0.25) is 0 Å². The highest BCUT2D eigenvalue weighted by molar-refractivity contribution is 7.10. The number of hydrogen-bond donors (Lipinski definition) is 1. The summed E-state index contributed by atoms with van der Waals surface area (Å²) in [6, 6.07) is 8.38. The summed E-state index contributed by atoms with van der Waals surface area (Å²) < 4.78 is 13.2. The van der Waals surface area contributed by atoms with E-state index in [2.05, 4.69) is 0 Å². The molecule has 2 aromatic rings. The Labute approximate surface area is 115 Å². The van der Waals surface area contributed by atoms with Gasteiger partial charge in [-0.1, -0.05) is 17.7 Å². The van der Waals surface area contributed by atoms with E-state index in [1.165, 1.54) is 12.1 Å². The molecule has 5 heteroatoms. The van der Waals surface area contributed by atoms with Gasteiger partial charge in [0.15, 0.2) is 0 Å². The number of hydrogen-bond acceptors (Lipinski definition) is 3. The van der Waals surface area contributed by atoms with Crippen molar-refractivity contribution in [1.82, 2.24) is 0 Å². The molecule has 1 aromatic carbocycles. The summed E-state index contributed by atoms with van der Waals surface area (Å²) in [5, 5.41) is 2.58. The number of benzene rings is 1. The van der Waals surface area contributed by atoms with Crippen molar-refractivity contribution in [1.29, 1.82) is 0 Å². The highest BCUT2D eigenvalue weighted by Gasteiger charge is 2.18. The molecule has 0 amide bonds. The van der Waals surface area contributed by atoms with E-state index in [1.54, 1.807) is 17.4 Å². The van der Waals surface area contributed by atoms with Gasteiger partial charge in [-0.15, -0.1) is 11.3 Å². The van der Waals surface area contributed by atoms with Crippen molar-refractivity contribution < 1.29 is 4.39 Å². The van der Waals surface area contributed by atoms with Crippen LogP contribution in [-0.4, -0.2) is 13.6 Å². The first-order valence-electron chi connectivity index (χ1n) is 5.54. The molecular weight excluding hydrogens is 271 g/mol. The lowest BCUT2D eigenvalue weighted by molar-refractivity contribution is 0.624. The van der Waals surface area contributed by atoms with Gasteiger partial charge in [-0.05, 0) is 24.3 Å². The Balaban J connectivity index is 2.28. The number of halogens is 2. The van der Waals surface area contributed by atoms with Crippen LogP contribution >= 0.6 is 22.9 Å². The quantitative estimate of drug-likeness (QED) is 0.928. The van der Waals surface area contributed by atoms with Crippen LogP contribution in [0.2, 0.25) is 5.02 Å². The summed E-state index contributed by atoms with van der Waals surface area (Å²) in [5.74, 6) is -0.251. The van der Waals surface area contributed by atoms with Crippen molar-refractivity contribution in [3.63, 3.8) is 0 Å². The fourth-order valence-electron chi connectivity index (χ4n) is 1.84. The molecule has 0 aliphatic carbocycles. The van der Waals surface area contributed by atoms with Crippen LogP contribution in [-0.2, 0) is 0 Å². The maximum Gasteiger partial charge on any atom is 0.125 e. The zero-order valence-corrected chi connectivity index (χ0v) is 11.5. The normalized spacial score (nSPS) is 12.4. The molecule has 0 fully saturated rings. The maximum absolute atomic E-state index is 13.2. The lowest BCUT2D eigenvalue weighted by atomic mass is 10.2. The second kappa shape index (κ2) is 5.69. The molecule has 2 N–H and O–H groups in total. The molecule has 0 bridgehead atoms. The van der Waals surface area contributed by atoms with Crippen LogP contribution in [0, 0.1) is 5.82 Å². The van der Waals surface area contributed by atoms with E-state index < -0.39 is 0 Å². The maximum atomic E-state index is 13.2. The highest BCUT2D eigenvalue weighted by atomic mass is 35.5. The van der Waals surface area contributed by atoms with Crippen LogP contribution in [0.5, 0.6) is 0 Å². The molecule has 0 radical (unpaired) electrons. The van der Waals surface area contributed by atoms with Crippen molar-refractivity contribution in [2.75, 3.05) is 18.5 Å². The van der Waals surface area contributed by atoms with Gasteiger partial charge in [-0.2, -0.15) is 0 Å². The second-order valence-corrected chi connectivity index (χ2v) is 5.39. The molecule has 1 atom stereocenters. The van der Waals surface area contributed by atoms with Gasteiger partial charge in [0.05, 0.1) is 11.1 Å². The molecule has 1 unspecified atom stereocenters. The summed E-state index contributed by atoms with van der Waals surface area (Å²) in [6.07, 6.45) is 0. The van der Waals surface area contributed by atoms with E-state index in [-0.39, 0.29) is 11.9 Å². The SMILES string of the molecule is CN(c1cccc(F)c1)C(CN)c1cc(Cl)cs1. The van der Waals surface area contributed by atoms with Gasteiger partial charge in [-0.25, -0.2) is 4.39 Å². The third-order valence-corrected chi connectivity index (χ3v) is 4.20. The number of nitrogens with zero attached hydrogens (tertiary/aromatic N) is 1. The fraction of sp³-hybridized carbons (Fsp3) is 0.231. The van der Waals surface area contributed by atoms with Crippen LogP contribution < -0.4 is 10.6 Å². The molecule has 96 valence electrons. The largest absolute Gasteiger partial charge is 0.365 e. The topological polar surface area (TPSA) is 29.3 Å². The summed E-state index contributed by atoms with van der Waals surface area (Å²) in [4.78, 5) is 3.04. The predicted molar refractivity (Wildman–Crippen MR) is 75.9 cm³/mol. The summed E-state index contributed by atoms with van der Waals surface area (Å²) in [7, 11) is 1.90. The molecule has 18 heavy (non-hydrogen) atoms. The molecule has 0 spiro atoms. The third-order valence-electron chi connectivity index (χ3n) is 2.82. The molecule has 1 heterocycles. The van der Waals surface area contributed by atoms with Crippen molar-refractivity contribution in [3.05, 3.63) is 51.4 Å². The minimum atomic E-state index is -0.251. The molecule has 0 aliphatic heterocycles. The van der Waals surface area contributed by atoms with Gasteiger partial charge >= 0.3 is 0 Å². The highest BCUT2D eigenvalue weighted by Crippen LogP contribution is 2.31. The first-order chi connectivity index (χ1) is 8.61. The van der Waals surface area contributed by atoms with Crippen molar-refractivity contribution in [3.8, 4) is 0 Å². The Morgan fingerprint density at radius 1 is 1.44 bits per heavy atom. The number of anilines is 1. The van der Waals surface area contributed by atoms with Gasteiger partial charge in [0.25, 0.3) is 0 Å². The molecule has 2 nitrogen and oxygen atoms in total. The molecule has 2 rings (SSSR count). The Morgan fingerprint density at radius 2 is 2.22 bits per heavy atom. The summed E-state index contributed by atoms with van der Waals surface area (Å²) >= 11 is 7.49. The summed E-state index contributed by atoms with van der Waals surface area (Å²) in [5.41, 5.74) is 6.62. The smallest absolute Gasteiger partial charge is 0.125 e. The monoisotopic (exact) mass is 284 g/mol. The molecule has 0 aliphatic rings. The minimum Gasteiger partial charge on any atom is -0.365 e. The standard InChI is InChI=1S/C13H14ClFN2S/c1-17(11-4-2-3-10(15)6-11)12(7-16)13-5-9(14)8-18-13/h2-6,8,12H,7,16H2,1H3. The average molecular weight is 285 g/mol. The Hall–Kier alpha value is -1.10. The number of thiophene rings is 1. The van der Waals surface area contributed by atoms with E-state index in [0.29, 0.717) is 11.6 Å². The minimum absolute atomic E-state index is 0.00398. The first kappa shape index (κ1) is 13.3. The Kier molecular flexibility index (Phi) is 4.22. The second-order valence-electron chi connectivity index (χ2n) is 4.01. The van der Waals surface area contributed by atoms with Crippen molar-refractivity contribution in [2.24, 2.45) is 5.73 Å². The van der Waals surface area contributed by atoms with Crippen LogP contribution in [0.15, 0.2) is 35.7 Å². The van der Waals surface area contributed by atoms with E-state index in [9.17, 15) is 4.39 Å². The lowest BCUT2D eigenvalue weighted by Crippen LogP contribution is -2.29. The molecule has 1 aromatic heterocycles. The lowest BCUT2D eigenvalue weighted by Gasteiger charge is -2.28. The van der Waals surface area contributed by atoms with Crippen LogP contribution in [0.4, 0.5) is 10.1 Å². The molecule has 0 saturated heterocycles. The number of nitrogens with two attached hydrogens (primary N) is 1. The van der Waals surface area contributed by atoms with Gasteiger partial charge in [0, 0.05) is 29.5 Å². The first-order valence-corrected chi connectivity index (χ1v) is 6.80. The van der Waals surface area contributed by atoms with Gasteiger partial charge in [0.1, 0.15) is 5.82 Å². The van der Waals surface area contributed by atoms with Crippen LogP contribution in [0.1, 0.15) is 10.9 Å². The molecule has 0 saturated carbocycles. The summed E-state index contributed by atoms with van der Waals surface area (Å²) in [6.45, 7) is 0.448. The van der Waals surface area contributed by atoms with E-state index in [0.717, 1.165) is 10.6 Å². The van der Waals surface area contributed by atoms with Crippen molar-refractivity contribution >= 4 is 28.6 Å². The van der Waals surface area contributed by atoms with Crippen molar-refractivity contribution in [2.45, 2.75) is 6.04 Å². The predicted octanol–water partition coefficient (Wildman–Crippen LogP) is 3.68. The zero-order valence-electron chi connectivity index (χ0n) is 9.94. The fourth-order valence-corrected chi connectivity index (χ4v) is 3.08. The van der Waals surface area contributed by atoms with E-state index in [1.807, 2.05) is 29.5 Å². The Morgan fingerprint density at radius 3 is 2.78 bits per heavy atom. The Bertz CT molecular complexity index is 529. The number of likely N-dealkylation sites (N-methyl/N-ethyl adjacent to an activating group) is 1. The van der Waals surface area contributed by atoms with Crippen LogP contribution in [0.3, 0.4) is 0 Å². The van der Waals surface area contributed by atoms with Gasteiger partial charge < -0.3 is 10.6 Å². The average Bonchev–Trinajstić information content (AvgIpc) is 2.76. The third kappa shape index (κ3) is 2.83.